The minimum Gasteiger partial charge on any atom is -0.497 e. The molecule has 2 aromatic carbocycles. The van der Waals surface area contributed by atoms with Gasteiger partial charge in [0, 0.05) is 0 Å². The first kappa shape index (κ1) is 11.8. The molecule has 0 fully saturated rings. The van der Waals surface area contributed by atoms with Crippen LogP contribution in [-0.2, 0) is 6.61 Å². The summed E-state index contributed by atoms with van der Waals surface area (Å²) in [6.45, 7) is 0.473. The zero-order valence-electron chi connectivity index (χ0n) is 9.52. The van der Waals surface area contributed by atoms with Crippen molar-refractivity contribution < 1.29 is 9.47 Å². The van der Waals surface area contributed by atoms with Gasteiger partial charge in [0.2, 0.25) is 0 Å². The molecule has 0 bridgehead atoms. The molecule has 0 aromatic heterocycles. The number of methoxy groups -OCH3 is 1. The van der Waals surface area contributed by atoms with Crippen LogP contribution < -0.4 is 9.47 Å². The van der Waals surface area contributed by atoms with Crippen molar-refractivity contribution in [1.82, 2.24) is 0 Å². The third kappa shape index (κ3) is 3.14. The monoisotopic (exact) mass is 248 g/mol. The highest BCUT2D eigenvalue weighted by Gasteiger charge is 2.01. The number of hydrogen-bond donors (Lipinski definition) is 0. The van der Waals surface area contributed by atoms with Crippen molar-refractivity contribution in [1.29, 1.82) is 0 Å². The number of para-hydroxylation sites is 1. The number of rotatable bonds is 4. The Bertz CT molecular complexity index is 497. The second-order valence-corrected chi connectivity index (χ2v) is 3.98. The summed E-state index contributed by atoms with van der Waals surface area (Å²) in [6.07, 6.45) is 0. The van der Waals surface area contributed by atoms with E-state index < -0.39 is 0 Å². The van der Waals surface area contributed by atoms with Crippen LogP contribution in [0.5, 0.6) is 11.5 Å². The van der Waals surface area contributed by atoms with E-state index in [-0.39, 0.29) is 0 Å². The Morgan fingerprint density at radius 2 is 1.88 bits per heavy atom. The Hall–Kier alpha value is -1.67. The first-order valence-electron chi connectivity index (χ1n) is 5.30. The third-order valence-electron chi connectivity index (χ3n) is 2.37. The largest absolute Gasteiger partial charge is 0.497 e. The van der Waals surface area contributed by atoms with Crippen LogP contribution in [0, 0.1) is 0 Å². The van der Waals surface area contributed by atoms with Gasteiger partial charge < -0.3 is 9.47 Å². The molecule has 0 N–H and O–H groups in total. The van der Waals surface area contributed by atoms with Gasteiger partial charge in [0.15, 0.2) is 0 Å². The third-order valence-corrected chi connectivity index (χ3v) is 2.68. The van der Waals surface area contributed by atoms with Gasteiger partial charge in [-0.05, 0) is 29.8 Å². The Kier molecular flexibility index (Phi) is 3.89. The van der Waals surface area contributed by atoms with Crippen molar-refractivity contribution >= 4 is 11.6 Å². The molecule has 2 nitrogen and oxygen atoms in total. The minimum atomic E-state index is 0.473. The van der Waals surface area contributed by atoms with Crippen LogP contribution in [0.1, 0.15) is 5.56 Å². The van der Waals surface area contributed by atoms with Gasteiger partial charge in [-0.15, -0.1) is 0 Å². The first-order valence-corrected chi connectivity index (χ1v) is 5.67. The molecule has 0 saturated heterocycles. The second kappa shape index (κ2) is 5.60. The molecule has 0 unspecified atom stereocenters. The van der Waals surface area contributed by atoms with Crippen LogP contribution in [0.25, 0.3) is 0 Å². The fourth-order valence-electron chi connectivity index (χ4n) is 1.49. The summed E-state index contributed by atoms with van der Waals surface area (Å²) >= 11 is 6.00. The van der Waals surface area contributed by atoms with Crippen LogP contribution in [0.3, 0.4) is 0 Å². The van der Waals surface area contributed by atoms with Crippen molar-refractivity contribution in [2.24, 2.45) is 0 Å². The predicted molar refractivity (Wildman–Crippen MR) is 68.8 cm³/mol. The maximum absolute atomic E-state index is 6.00. The van der Waals surface area contributed by atoms with Gasteiger partial charge in [-0.3, -0.25) is 0 Å². The quantitative estimate of drug-likeness (QED) is 0.816. The average molecular weight is 249 g/mol. The van der Waals surface area contributed by atoms with Gasteiger partial charge >= 0.3 is 0 Å². The zero-order valence-corrected chi connectivity index (χ0v) is 10.3. The Balaban J connectivity index is 2.05. The summed E-state index contributed by atoms with van der Waals surface area (Å²) in [7, 11) is 1.65. The molecule has 2 aromatic rings. The highest BCUT2D eigenvalue weighted by Crippen LogP contribution is 2.24. The van der Waals surface area contributed by atoms with Crippen LogP contribution in [0.15, 0.2) is 48.5 Å². The highest BCUT2D eigenvalue weighted by molar-refractivity contribution is 6.32. The number of ether oxygens (including phenoxy) is 2. The summed E-state index contributed by atoms with van der Waals surface area (Å²) in [6, 6.07) is 15.2. The zero-order chi connectivity index (χ0) is 12.1. The number of benzene rings is 2. The molecular formula is C14H13ClO2. The molecule has 0 heterocycles. The van der Waals surface area contributed by atoms with Gasteiger partial charge in [0.05, 0.1) is 12.1 Å². The van der Waals surface area contributed by atoms with Crippen LogP contribution in [-0.4, -0.2) is 7.11 Å². The fraction of sp³-hybridized carbons (Fsp3) is 0.143. The lowest BCUT2D eigenvalue weighted by Gasteiger charge is -2.08. The second-order valence-electron chi connectivity index (χ2n) is 3.57. The number of halogens is 1. The van der Waals surface area contributed by atoms with Gasteiger partial charge in [-0.1, -0.05) is 35.9 Å². The predicted octanol–water partition coefficient (Wildman–Crippen LogP) is 3.93. The topological polar surface area (TPSA) is 18.5 Å². The van der Waals surface area contributed by atoms with E-state index in [1.54, 1.807) is 7.11 Å². The van der Waals surface area contributed by atoms with E-state index in [0.717, 1.165) is 11.3 Å². The normalized spacial score (nSPS) is 10.0. The lowest BCUT2D eigenvalue weighted by molar-refractivity contribution is 0.305. The molecule has 0 spiro atoms. The molecular weight excluding hydrogens is 236 g/mol. The van der Waals surface area contributed by atoms with Gasteiger partial charge in [0.25, 0.3) is 0 Å². The maximum atomic E-state index is 6.00. The van der Waals surface area contributed by atoms with Crippen molar-refractivity contribution in [2.75, 3.05) is 7.11 Å². The summed E-state index contributed by atoms with van der Waals surface area (Å²) in [5.41, 5.74) is 1.05. The average Bonchev–Trinajstić information content (AvgIpc) is 2.38. The van der Waals surface area contributed by atoms with E-state index in [2.05, 4.69) is 0 Å². The van der Waals surface area contributed by atoms with Crippen LogP contribution in [0.4, 0.5) is 0 Å². The minimum absolute atomic E-state index is 0.473. The van der Waals surface area contributed by atoms with Crippen molar-refractivity contribution in [3.63, 3.8) is 0 Å². The van der Waals surface area contributed by atoms with E-state index in [1.165, 1.54) is 0 Å². The Morgan fingerprint density at radius 3 is 2.65 bits per heavy atom. The Morgan fingerprint density at radius 1 is 1.06 bits per heavy atom. The van der Waals surface area contributed by atoms with Crippen molar-refractivity contribution in [2.45, 2.75) is 6.61 Å². The maximum Gasteiger partial charge on any atom is 0.138 e. The van der Waals surface area contributed by atoms with E-state index in [0.29, 0.717) is 17.4 Å². The summed E-state index contributed by atoms with van der Waals surface area (Å²) in [4.78, 5) is 0. The van der Waals surface area contributed by atoms with E-state index >= 15 is 0 Å². The van der Waals surface area contributed by atoms with Gasteiger partial charge in [0.1, 0.15) is 18.1 Å². The molecule has 3 heteroatoms. The molecule has 0 aliphatic carbocycles. The molecule has 2 rings (SSSR count). The first-order chi connectivity index (χ1) is 8.29. The summed E-state index contributed by atoms with van der Waals surface area (Å²) < 4.78 is 10.8. The Labute approximate surface area is 106 Å². The molecule has 88 valence electrons. The van der Waals surface area contributed by atoms with Crippen LogP contribution in [0.2, 0.25) is 5.02 Å². The van der Waals surface area contributed by atoms with Crippen LogP contribution >= 0.6 is 11.6 Å². The highest BCUT2D eigenvalue weighted by atomic mass is 35.5. The molecule has 17 heavy (non-hydrogen) atoms. The summed E-state index contributed by atoms with van der Waals surface area (Å²) in [5.74, 6) is 1.52. The molecule has 0 atom stereocenters. The van der Waals surface area contributed by atoms with E-state index in [1.807, 2.05) is 48.5 Å². The summed E-state index contributed by atoms with van der Waals surface area (Å²) in [5, 5.41) is 0.621. The van der Waals surface area contributed by atoms with E-state index in [4.69, 9.17) is 21.1 Å². The molecule has 0 saturated carbocycles. The lowest BCUT2D eigenvalue weighted by atomic mass is 10.2. The van der Waals surface area contributed by atoms with Gasteiger partial charge in [-0.25, -0.2) is 0 Å². The van der Waals surface area contributed by atoms with E-state index in [9.17, 15) is 0 Å². The number of hydrogen-bond acceptors (Lipinski definition) is 2. The lowest BCUT2D eigenvalue weighted by Crippen LogP contribution is -1.96. The van der Waals surface area contributed by atoms with Crippen molar-refractivity contribution in [3.05, 3.63) is 59.1 Å². The van der Waals surface area contributed by atoms with Gasteiger partial charge in [-0.2, -0.15) is 0 Å². The standard InChI is InChI=1S/C14H13ClO2/c1-16-12-6-4-5-11(9-12)10-17-14-8-3-2-7-13(14)15/h2-9H,10H2,1H3. The van der Waals surface area contributed by atoms with Crippen molar-refractivity contribution in [3.8, 4) is 11.5 Å². The SMILES string of the molecule is COc1cccc(COc2ccccc2Cl)c1. The fourth-order valence-corrected chi connectivity index (χ4v) is 1.68. The smallest absolute Gasteiger partial charge is 0.138 e. The molecule has 0 radical (unpaired) electrons. The molecule has 0 aliphatic heterocycles. The molecule has 0 aliphatic rings. The molecule has 0 amide bonds.